The first-order valence-electron chi connectivity index (χ1n) is 24.6. The molecule has 10 rings (SSSR count). The highest BCUT2D eigenvalue weighted by Gasteiger charge is 2.38. The zero-order chi connectivity index (χ0) is 48.1. The quantitative estimate of drug-likeness (QED) is 0.0990. The number of carbonyl (C=O) groups is 2. The number of methoxy groups -OCH3 is 1. The van der Waals surface area contributed by atoms with E-state index in [4.69, 9.17) is 14.7 Å². The number of amidine groups is 2. The maximum atomic E-state index is 13.0. The topological polar surface area (TPSA) is 205 Å². The molecular formula is C53H66Cl2N6O8S2. The second-order valence-electron chi connectivity index (χ2n) is 19.7. The SMILES string of the molecule is COc1ccc2c(c1)CC[C@H]1N=C(NC(=O)C3CCC(CNS(=O)(=O)c4ccccc4)CC3)C[C@@H]21.Cl.Cl.O=C(NC1=N[C@@H]2CCc3cc(O)ccc3[C@@H]2C1)C1CCC(CNS(=O)(=O)c2ccccc2)CC1. The van der Waals surface area contributed by atoms with Gasteiger partial charge in [0, 0.05) is 49.6 Å². The Labute approximate surface area is 430 Å². The van der Waals surface area contributed by atoms with Gasteiger partial charge < -0.3 is 20.5 Å². The fraction of sp³-hybridized carbons (Fsp3) is 0.472. The van der Waals surface area contributed by atoms with Crippen molar-refractivity contribution in [3.05, 3.63) is 119 Å². The number of sulfonamides is 2. The van der Waals surface area contributed by atoms with E-state index in [2.05, 4.69) is 32.2 Å². The normalized spacial score (nSPS) is 25.3. The molecule has 382 valence electrons. The van der Waals surface area contributed by atoms with Gasteiger partial charge in [-0.3, -0.25) is 19.6 Å². The highest BCUT2D eigenvalue weighted by Crippen LogP contribution is 2.43. The summed E-state index contributed by atoms with van der Waals surface area (Å²) in [7, 11) is -5.30. The number of amides is 2. The molecule has 2 heterocycles. The van der Waals surface area contributed by atoms with E-state index in [1.807, 2.05) is 18.2 Å². The van der Waals surface area contributed by atoms with Crippen molar-refractivity contribution in [2.45, 2.75) is 124 Å². The van der Waals surface area contributed by atoms with Gasteiger partial charge in [0.15, 0.2) is 0 Å². The van der Waals surface area contributed by atoms with Crippen LogP contribution in [0.25, 0.3) is 0 Å². The van der Waals surface area contributed by atoms with Crippen LogP contribution in [0.5, 0.6) is 11.5 Å². The van der Waals surface area contributed by atoms with Crippen molar-refractivity contribution in [2.75, 3.05) is 20.2 Å². The third-order valence-corrected chi connectivity index (χ3v) is 18.2. The predicted octanol–water partition coefficient (Wildman–Crippen LogP) is 8.13. The number of hydrogen-bond donors (Lipinski definition) is 5. The molecule has 2 fully saturated rings. The fourth-order valence-corrected chi connectivity index (χ4v) is 13.6. The molecule has 18 heteroatoms. The Kier molecular flexibility index (Phi) is 18.1. The zero-order valence-corrected chi connectivity index (χ0v) is 43.3. The summed E-state index contributed by atoms with van der Waals surface area (Å²) in [6.07, 6.45) is 11.7. The van der Waals surface area contributed by atoms with Crippen LogP contribution >= 0.6 is 24.8 Å². The smallest absolute Gasteiger partial charge is 0.240 e. The molecule has 0 bridgehead atoms. The number of nitrogens with zero attached hydrogens (tertiary/aromatic N) is 2. The number of aryl methyl sites for hydroxylation is 2. The number of aliphatic imine (C=N–C) groups is 2. The molecule has 71 heavy (non-hydrogen) atoms. The molecule has 4 atom stereocenters. The maximum absolute atomic E-state index is 13.0. The first-order valence-corrected chi connectivity index (χ1v) is 27.6. The largest absolute Gasteiger partial charge is 0.508 e. The molecule has 6 aliphatic rings. The summed E-state index contributed by atoms with van der Waals surface area (Å²) in [5, 5.41) is 16.0. The lowest BCUT2D eigenvalue weighted by Gasteiger charge is -2.28. The molecular weight excluding hydrogens is 984 g/mol. The van der Waals surface area contributed by atoms with Gasteiger partial charge in [-0.1, -0.05) is 48.5 Å². The van der Waals surface area contributed by atoms with Crippen LogP contribution in [-0.2, 0) is 42.5 Å². The number of hydrogen-bond acceptors (Lipinski definition) is 10. The third kappa shape index (κ3) is 13.0. The standard InChI is InChI=1S/C27H33N3O4S.C26H31N3O4S.2ClH/c1-34-21-12-13-23-20(15-21)11-14-25-24(23)16-26(29-25)30-27(31)19-9-7-18(8-10-19)17-28-35(32,33)22-5-3-2-4-6-22;30-20-11-12-22-19(14-20)10-13-24-23(22)15-25(28-24)29-26(31)18-8-6-17(7-9-18)16-27-34(32,33)21-4-2-1-3-5-21;;/h2-6,12-13,15,18-19,24-25,28H,7-11,14,16-17H2,1H3,(H,29,30,31);1-5,11-12,14,17-18,23-24,27,30H,6-10,13,15-16H2,(H,28,29,31);2*1H/t18?,19?,24-,25+;17?,18?,23-,24+;;/m00../s1. The lowest BCUT2D eigenvalue weighted by molar-refractivity contribution is -0.125. The second-order valence-corrected chi connectivity index (χ2v) is 23.2. The Morgan fingerprint density at radius 1 is 0.577 bits per heavy atom. The van der Waals surface area contributed by atoms with Gasteiger partial charge >= 0.3 is 0 Å². The van der Waals surface area contributed by atoms with Gasteiger partial charge in [-0.05, 0) is 160 Å². The molecule has 4 aromatic rings. The van der Waals surface area contributed by atoms with Gasteiger partial charge in [0.25, 0.3) is 0 Å². The van der Waals surface area contributed by atoms with Crippen LogP contribution in [0.4, 0.5) is 0 Å². The molecule has 4 aromatic carbocycles. The third-order valence-electron chi connectivity index (χ3n) is 15.3. The van der Waals surface area contributed by atoms with E-state index >= 15 is 0 Å². The Balaban J connectivity index is 0.000000203. The van der Waals surface area contributed by atoms with Gasteiger partial charge in [-0.15, -0.1) is 24.8 Å². The van der Waals surface area contributed by atoms with Crippen LogP contribution in [0, 0.1) is 23.7 Å². The summed E-state index contributed by atoms with van der Waals surface area (Å²) in [6.45, 7) is 0.808. The van der Waals surface area contributed by atoms with Crippen molar-refractivity contribution < 1.29 is 36.3 Å². The number of phenolic OH excluding ortho intramolecular Hbond substituents is 1. The van der Waals surface area contributed by atoms with Crippen LogP contribution in [0.3, 0.4) is 0 Å². The van der Waals surface area contributed by atoms with Crippen molar-refractivity contribution in [3.63, 3.8) is 0 Å². The Hall–Kier alpha value is -4.84. The number of fused-ring (bicyclic) bond motifs is 6. The van der Waals surface area contributed by atoms with Gasteiger partial charge in [0.2, 0.25) is 31.9 Å². The van der Waals surface area contributed by atoms with Gasteiger partial charge in [0.1, 0.15) is 23.2 Å². The molecule has 2 saturated carbocycles. The number of aromatic hydroxyl groups is 1. The Morgan fingerprint density at radius 2 is 1.00 bits per heavy atom. The summed E-state index contributed by atoms with van der Waals surface area (Å²) in [5.41, 5.74) is 5.08. The summed E-state index contributed by atoms with van der Waals surface area (Å²) in [5.74, 6) is 3.85. The molecule has 0 unspecified atom stereocenters. The minimum Gasteiger partial charge on any atom is -0.508 e. The molecule has 0 spiro atoms. The maximum Gasteiger partial charge on any atom is 0.240 e. The van der Waals surface area contributed by atoms with E-state index in [1.165, 1.54) is 22.3 Å². The average molecular weight is 1050 g/mol. The number of rotatable bonds is 11. The predicted molar refractivity (Wildman–Crippen MR) is 280 cm³/mol. The Morgan fingerprint density at radius 3 is 1.44 bits per heavy atom. The molecule has 0 aromatic heterocycles. The Bertz CT molecular complexity index is 2790. The van der Waals surface area contributed by atoms with E-state index in [-0.39, 0.29) is 88.1 Å². The number of halogens is 2. The van der Waals surface area contributed by atoms with E-state index in [9.17, 15) is 31.5 Å². The van der Waals surface area contributed by atoms with Crippen molar-refractivity contribution in [1.29, 1.82) is 0 Å². The molecule has 14 nitrogen and oxygen atoms in total. The molecule has 4 aliphatic carbocycles. The van der Waals surface area contributed by atoms with E-state index < -0.39 is 20.0 Å². The number of nitrogens with one attached hydrogen (secondary N) is 4. The van der Waals surface area contributed by atoms with Crippen LogP contribution in [-0.4, -0.2) is 77.7 Å². The first kappa shape index (κ1) is 53.9. The fourth-order valence-electron chi connectivity index (χ4n) is 11.3. The lowest BCUT2D eigenvalue weighted by Crippen LogP contribution is -2.38. The van der Waals surface area contributed by atoms with Crippen molar-refractivity contribution in [1.82, 2.24) is 20.1 Å². The molecule has 2 aliphatic heterocycles. The summed E-state index contributed by atoms with van der Waals surface area (Å²) in [6, 6.07) is 29.1. The highest BCUT2D eigenvalue weighted by atomic mass is 35.5. The first-order chi connectivity index (χ1) is 33.3. The summed E-state index contributed by atoms with van der Waals surface area (Å²) in [4.78, 5) is 36.1. The zero-order valence-electron chi connectivity index (χ0n) is 40.0. The lowest BCUT2D eigenvalue weighted by atomic mass is 9.79. The van der Waals surface area contributed by atoms with E-state index in [0.29, 0.717) is 24.8 Å². The second kappa shape index (κ2) is 23.8. The highest BCUT2D eigenvalue weighted by molar-refractivity contribution is 7.89. The number of ether oxygens (including phenoxy) is 1. The van der Waals surface area contributed by atoms with Crippen LogP contribution in [0.15, 0.2) is 117 Å². The minimum absolute atomic E-state index is 0. The van der Waals surface area contributed by atoms with Gasteiger partial charge in [-0.25, -0.2) is 26.3 Å². The molecule has 0 saturated heterocycles. The molecule has 5 N–H and O–H groups in total. The van der Waals surface area contributed by atoms with E-state index in [1.54, 1.807) is 73.8 Å². The monoisotopic (exact) mass is 1050 g/mol. The van der Waals surface area contributed by atoms with Crippen LogP contribution < -0.4 is 24.8 Å². The number of benzene rings is 4. The molecule has 2 amide bonds. The van der Waals surface area contributed by atoms with Crippen molar-refractivity contribution >= 4 is 68.3 Å². The summed E-state index contributed by atoms with van der Waals surface area (Å²) < 4.78 is 60.6. The minimum atomic E-state index is -3.50. The molecule has 0 radical (unpaired) electrons. The van der Waals surface area contributed by atoms with Crippen molar-refractivity contribution in [3.8, 4) is 11.5 Å². The number of carbonyl (C=O) groups excluding carboxylic acids is 2. The average Bonchev–Trinajstić information content (AvgIpc) is 3.99. The van der Waals surface area contributed by atoms with Crippen LogP contribution in [0.2, 0.25) is 0 Å². The van der Waals surface area contributed by atoms with Crippen molar-refractivity contribution in [2.24, 2.45) is 33.7 Å². The number of phenols is 1. The van der Waals surface area contributed by atoms with E-state index in [0.717, 1.165) is 107 Å². The van der Waals surface area contributed by atoms with Gasteiger partial charge in [-0.2, -0.15) is 0 Å². The van der Waals surface area contributed by atoms with Crippen LogP contribution in [0.1, 0.15) is 111 Å². The van der Waals surface area contributed by atoms with Gasteiger partial charge in [0.05, 0.1) is 29.0 Å². The summed E-state index contributed by atoms with van der Waals surface area (Å²) >= 11 is 0.